The molecule has 1 atom stereocenters. The lowest BCUT2D eigenvalue weighted by molar-refractivity contribution is -0.0228. The highest BCUT2D eigenvalue weighted by Gasteiger charge is 2.26. The van der Waals surface area contributed by atoms with Gasteiger partial charge in [0.05, 0.1) is 18.7 Å². The first-order chi connectivity index (χ1) is 12.3. The van der Waals surface area contributed by atoms with E-state index < -0.39 is 0 Å². The van der Waals surface area contributed by atoms with Crippen molar-refractivity contribution >= 4 is 5.91 Å². The molecule has 1 aliphatic heterocycles. The fourth-order valence-corrected chi connectivity index (χ4v) is 2.85. The number of hydrogen-bond donors (Lipinski definition) is 0. The number of carbonyl (C=O) groups is 1. The third-order valence-electron chi connectivity index (χ3n) is 4.17. The van der Waals surface area contributed by atoms with Gasteiger partial charge in [-0.15, -0.1) is 0 Å². The van der Waals surface area contributed by atoms with Gasteiger partial charge >= 0.3 is 0 Å². The zero-order valence-corrected chi connectivity index (χ0v) is 13.5. The Morgan fingerprint density at radius 3 is 2.76 bits per heavy atom. The van der Waals surface area contributed by atoms with Crippen molar-refractivity contribution in [2.75, 3.05) is 19.7 Å². The van der Waals surface area contributed by atoms with Crippen molar-refractivity contribution in [3.8, 4) is 5.82 Å². The Kier molecular flexibility index (Phi) is 4.22. The molecule has 3 aromatic rings. The molecule has 1 aliphatic rings. The van der Waals surface area contributed by atoms with Crippen LogP contribution >= 0.6 is 0 Å². The highest BCUT2D eigenvalue weighted by molar-refractivity contribution is 5.94. The molecular weight excluding hydrogens is 318 g/mol. The Morgan fingerprint density at radius 1 is 1.16 bits per heavy atom. The van der Waals surface area contributed by atoms with Gasteiger partial charge in [0.1, 0.15) is 6.10 Å². The van der Waals surface area contributed by atoms with E-state index in [1.807, 2.05) is 24.4 Å². The highest BCUT2D eigenvalue weighted by Crippen LogP contribution is 2.22. The van der Waals surface area contributed by atoms with E-state index in [1.54, 1.807) is 46.5 Å². The van der Waals surface area contributed by atoms with E-state index in [4.69, 9.17) is 4.74 Å². The Bertz CT molecular complexity index is 834. The van der Waals surface area contributed by atoms with E-state index in [0.717, 1.165) is 5.56 Å². The molecule has 1 saturated heterocycles. The lowest BCUT2D eigenvalue weighted by Gasteiger charge is -2.33. The third-order valence-corrected chi connectivity index (χ3v) is 4.17. The zero-order valence-electron chi connectivity index (χ0n) is 13.5. The number of aromatic nitrogens is 4. The molecule has 7 nitrogen and oxygen atoms in total. The minimum absolute atomic E-state index is 0.0399. The molecule has 0 radical (unpaired) electrons. The molecule has 0 N–H and O–H groups in total. The smallest absolute Gasteiger partial charge is 0.255 e. The molecule has 1 fully saturated rings. The lowest BCUT2D eigenvalue weighted by Crippen LogP contribution is -2.42. The van der Waals surface area contributed by atoms with Crippen LogP contribution in [0.5, 0.6) is 0 Å². The first-order valence-corrected chi connectivity index (χ1v) is 8.08. The van der Waals surface area contributed by atoms with Gasteiger partial charge in [0.2, 0.25) is 0 Å². The molecule has 0 spiro atoms. The minimum atomic E-state index is -0.128. The molecule has 25 heavy (non-hydrogen) atoms. The summed E-state index contributed by atoms with van der Waals surface area (Å²) in [6.45, 7) is 1.60. The molecule has 126 valence electrons. The summed E-state index contributed by atoms with van der Waals surface area (Å²) in [4.78, 5) is 22.9. The molecule has 4 heterocycles. The van der Waals surface area contributed by atoms with Gasteiger partial charge < -0.3 is 9.64 Å². The second kappa shape index (κ2) is 6.82. The van der Waals surface area contributed by atoms with Crippen LogP contribution in [0.4, 0.5) is 0 Å². The van der Waals surface area contributed by atoms with Crippen molar-refractivity contribution in [2.45, 2.75) is 6.10 Å². The predicted molar refractivity (Wildman–Crippen MR) is 90.2 cm³/mol. The molecule has 0 bridgehead atoms. The first-order valence-electron chi connectivity index (χ1n) is 8.08. The fraction of sp³-hybridized carbons (Fsp3) is 0.222. The summed E-state index contributed by atoms with van der Waals surface area (Å²) in [6, 6.07) is 9.23. The average molecular weight is 335 g/mol. The van der Waals surface area contributed by atoms with Gasteiger partial charge in [0, 0.05) is 37.5 Å². The van der Waals surface area contributed by atoms with Crippen LogP contribution in [0.15, 0.2) is 61.3 Å². The number of carbonyl (C=O) groups excluding carboxylic acids is 1. The lowest BCUT2D eigenvalue weighted by atomic mass is 10.1. The van der Waals surface area contributed by atoms with E-state index in [9.17, 15) is 4.79 Å². The van der Waals surface area contributed by atoms with Gasteiger partial charge in [-0.2, -0.15) is 5.10 Å². The molecule has 1 amide bonds. The summed E-state index contributed by atoms with van der Waals surface area (Å²) < 4.78 is 7.45. The number of ether oxygens (including phenoxy) is 1. The highest BCUT2D eigenvalue weighted by atomic mass is 16.5. The molecule has 0 saturated carbocycles. The summed E-state index contributed by atoms with van der Waals surface area (Å²) in [5.74, 6) is 0.639. The number of nitrogens with zero attached hydrogens (tertiary/aromatic N) is 5. The summed E-state index contributed by atoms with van der Waals surface area (Å²) in [7, 11) is 0. The van der Waals surface area contributed by atoms with Crippen molar-refractivity contribution in [1.82, 2.24) is 24.6 Å². The van der Waals surface area contributed by atoms with Crippen molar-refractivity contribution < 1.29 is 9.53 Å². The van der Waals surface area contributed by atoms with Crippen molar-refractivity contribution in [2.24, 2.45) is 0 Å². The van der Waals surface area contributed by atoms with Gasteiger partial charge in [0.25, 0.3) is 5.91 Å². The second-order valence-corrected chi connectivity index (χ2v) is 5.75. The maximum atomic E-state index is 12.8. The summed E-state index contributed by atoms with van der Waals surface area (Å²) >= 11 is 0. The van der Waals surface area contributed by atoms with Gasteiger partial charge in [-0.1, -0.05) is 0 Å². The van der Waals surface area contributed by atoms with Crippen LogP contribution in [0.3, 0.4) is 0 Å². The van der Waals surface area contributed by atoms with Crippen LogP contribution < -0.4 is 0 Å². The Labute approximate surface area is 144 Å². The van der Waals surface area contributed by atoms with Gasteiger partial charge in [-0.25, -0.2) is 9.67 Å². The van der Waals surface area contributed by atoms with Crippen LogP contribution in [-0.4, -0.2) is 50.3 Å². The summed E-state index contributed by atoms with van der Waals surface area (Å²) in [5.41, 5.74) is 1.59. The molecular formula is C18H17N5O2. The maximum Gasteiger partial charge on any atom is 0.255 e. The molecule has 0 aliphatic carbocycles. The van der Waals surface area contributed by atoms with Crippen molar-refractivity contribution in [3.63, 3.8) is 0 Å². The molecule has 4 rings (SSSR count). The SMILES string of the molecule is O=C(c1ccc(-n2cccn2)nc1)N1CCOC(c2ccncc2)C1. The predicted octanol–water partition coefficient (Wildman–Crippen LogP) is 1.88. The van der Waals surface area contributed by atoms with Crippen LogP contribution in [-0.2, 0) is 4.74 Å². The Balaban J connectivity index is 1.48. The van der Waals surface area contributed by atoms with Crippen molar-refractivity contribution in [3.05, 3.63) is 72.4 Å². The quantitative estimate of drug-likeness (QED) is 0.731. The van der Waals surface area contributed by atoms with Crippen molar-refractivity contribution in [1.29, 1.82) is 0 Å². The molecule has 7 heteroatoms. The monoisotopic (exact) mass is 335 g/mol. The molecule has 3 aromatic heterocycles. The topological polar surface area (TPSA) is 73.1 Å². The molecule has 1 unspecified atom stereocenters. The van der Waals surface area contributed by atoms with Crippen LogP contribution in [0.2, 0.25) is 0 Å². The number of rotatable bonds is 3. The first kappa shape index (κ1) is 15.5. The number of morpholine rings is 1. The summed E-state index contributed by atoms with van der Waals surface area (Å²) in [6.07, 6.45) is 8.43. The van der Waals surface area contributed by atoms with Crippen LogP contribution in [0.1, 0.15) is 22.0 Å². The van der Waals surface area contributed by atoms with E-state index in [2.05, 4.69) is 15.1 Å². The normalized spacial score (nSPS) is 17.4. The molecule has 0 aromatic carbocycles. The average Bonchev–Trinajstić information content (AvgIpc) is 3.23. The van der Waals surface area contributed by atoms with Gasteiger partial charge in [-0.3, -0.25) is 9.78 Å². The van der Waals surface area contributed by atoms with Gasteiger partial charge in [0.15, 0.2) is 5.82 Å². The maximum absolute atomic E-state index is 12.8. The number of amides is 1. The Morgan fingerprint density at radius 2 is 2.04 bits per heavy atom. The van der Waals surface area contributed by atoms with Crippen LogP contribution in [0, 0.1) is 0 Å². The van der Waals surface area contributed by atoms with Crippen LogP contribution in [0.25, 0.3) is 5.82 Å². The number of hydrogen-bond acceptors (Lipinski definition) is 5. The summed E-state index contributed by atoms with van der Waals surface area (Å²) in [5, 5.41) is 4.13. The van der Waals surface area contributed by atoms with E-state index in [0.29, 0.717) is 31.1 Å². The largest absolute Gasteiger partial charge is 0.370 e. The Hall–Kier alpha value is -3.06. The third kappa shape index (κ3) is 3.27. The second-order valence-electron chi connectivity index (χ2n) is 5.75. The van der Waals surface area contributed by atoms with E-state index in [-0.39, 0.29) is 12.0 Å². The van der Waals surface area contributed by atoms with E-state index in [1.165, 1.54) is 0 Å². The van der Waals surface area contributed by atoms with E-state index >= 15 is 0 Å². The minimum Gasteiger partial charge on any atom is -0.370 e. The standard InChI is InChI=1S/C18H17N5O2/c24-18(15-2-3-17(20-12-15)23-9-1-6-21-23)22-10-11-25-16(13-22)14-4-7-19-8-5-14/h1-9,12,16H,10-11,13H2. The zero-order chi connectivity index (χ0) is 17.1. The van der Waals surface area contributed by atoms with Gasteiger partial charge in [-0.05, 0) is 35.9 Å². The number of pyridine rings is 2. The fourth-order valence-electron chi connectivity index (χ4n) is 2.85.